The van der Waals surface area contributed by atoms with Crippen LogP contribution in [0.3, 0.4) is 0 Å². The predicted octanol–water partition coefficient (Wildman–Crippen LogP) is 4.55. The van der Waals surface area contributed by atoms with Crippen molar-refractivity contribution in [2.24, 2.45) is 11.8 Å². The van der Waals surface area contributed by atoms with E-state index in [1.165, 1.54) is 32.1 Å². The summed E-state index contributed by atoms with van der Waals surface area (Å²) < 4.78 is 10.9. The molecule has 2 atom stereocenters. The number of thiocarbonyl (C=S) groups is 1. The van der Waals surface area contributed by atoms with Gasteiger partial charge in [0.05, 0.1) is 0 Å². The van der Waals surface area contributed by atoms with Crippen molar-refractivity contribution in [3.8, 4) is 11.5 Å². The second-order valence-electron chi connectivity index (χ2n) is 10.2. The second-order valence-corrected chi connectivity index (χ2v) is 10.6. The van der Waals surface area contributed by atoms with Gasteiger partial charge in [0.25, 0.3) is 0 Å². The van der Waals surface area contributed by atoms with Gasteiger partial charge in [-0.15, -0.1) is 0 Å². The molecule has 0 unspecified atom stereocenters. The van der Waals surface area contributed by atoms with E-state index in [1.807, 2.05) is 18.2 Å². The fraction of sp³-hybridized carbons (Fsp3) is 0.577. The Morgan fingerprint density at radius 1 is 0.943 bits per heavy atom. The van der Waals surface area contributed by atoms with Crippen molar-refractivity contribution in [2.75, 3.05) is 48.1 Å². The van der Waals surface area contributed by atoms with Crippen LogP contribution in [0.1, 0.15) is 51.5 Å². The minimum Gasteiger partial charge on any atom is -0.454 e. The third-order valence-electron chi connectivity index (χ3n) is 6.94. The van der Waals surface area contributed by atoms with Crippen LogP contribution in [0.2, 0.25) is 0 Å². The molecule has 0 saturated carbocycles. The van der Waals surface area contributed by atoms with Gasteiger partial charge in [-0.05, 0) is 61.0 Å². The van der Waals surface area contributed by atoms with Gasteiger partial charge in [-0.3, -0.25) is 0 Å². The highest BCUT2D eigenvalue weighted by Crippen LogP contribution is 2.32. The summed E-state index contributed by atoms with van der Waals surface area (Å²) in [6, 6.07) is 8.09. The zero-order valence-electron chi connectivity index (χ0n) is 20.8. The molecule has 1 aromatic heterocycles. The van der Waals surface area contributed by atoms with E-state index in [9.17, 15) is 0 Å². The van der Waals surface area contributed by atoms with E-state index in [2.05, 4.69) is 40.3 Å². The normalized spacial score (nSPS) is 22.0. The first-order chi connectivity index (χ1) is 17.0. The van der Waals surface area contributed by atoms with Crippen LogP contribution in [-0.2, 0) is 6.54 Å². The molecule has 0 amide bonds. The van der Waals surface area contributed by atoms with Crippen LogP contribution >= 0.6 is 12.2 Å². The molecule has 188 valence electrons. The first kappa shape index (κ1) is 23.9. The number of piperidine rings is 1. The average molecular weight is 497 g/mol. The summed E-state index contributed by atoms with van der Waals surface area (Å²) in [6.07, 6.45) is 6.24. The molecule has 0 spiro atoms. The monoisotopic (exact) mass is 496 g/mol. The molecule has 3 aliphatic heterocycles. The first-order valence-corrected chi connectivity index (χ1v) is 13.3. The molecule has 3 aliphatic rings. The quantitative estimate of drug-likeness (QED) is 0.580. The van der Waals surface area contributed by atoms with E-state index >= 15 is 0 Å². The highest BCUT2D eigenvalue weighted by molar-refractivity contribution is 7.80. The Hall–Kier alpha value is -2.81. The van der Waals surface area contributed by atoms with Crippen molar-refractivity contribution in [1.29, 1.82) is 0 Å². The van der Waals surface area contributed by atoms with Crippen LogP contribution < -0.4 is 29.9 Å². The van der Waals surface area contributed by atoms with E-state index < -0.39 is 0 Å². The van der Waals surface area contributed by atoms with Crippen molar-refractivity contribution in [2.45, 2.75) is 52.5 Å². The zero-order valence-corrected chi connectivity index (χ0v) is 21.6. The van der Waals surface area contributed by atoms with E-state index in [0.29, 0.717) is 29.4 Å². The van der Waals surface area contributed by atoms with E-state index in [0.717, 1.165) is 54.9 Å². The SMILES string of the molecule is C[C@@H]1C[C@H](C)CN(c2cc(N3CCCCCC3)nc(NC(=S)NCc3ccc4c(c3)OCO4)n2)C1. The number of rotatable bonds is 5. The first-order valence-electron chi connectivity index (χ1n) is 12.9. The van der Waals surface area contributed by atoms with Crippen molar-refractivity contribution < 1.29 is 9.47 Å². The average Bonchev–Trinajstić information content (AvgIpc) is 3.13. The molecule has 2 fully saturated rings. The molecule has 4 heterocycles. The summed E-state index contributed by atoms with van der Waals surface area (Å²) in [6.45, 7) is 9.61. The van der Waals surface area contributed by atoms with Gasteiger partial charge < -0.3 is 29.9 Å². The number of fused-ring (bicyclic) bond motifs is 1. The number of anilines is 3. The molecular weight excluding hydrogens is 460 g/mol. The maximum absolute atomic E-state index is 5.61. The zero-order chi connectivity index (χ0) is 24.2. The molecule has 0 aliphatic carbocycles. The summed E-state index contributed by atoms with van der Waals surface area (Å²) in [5.41, 5.74) is 1.06. The smallest absolute Gasteiger partial charge is 0.232 e. The second kappa shape index (κ2) is 10.8. The lowest BCUT2D eigenvalue weighted by Crippen LogP contribution is -2.39. The van der Waals surface area contributed by atoms with Crippen LogP contribution in [-0.4, -0.2) is 48.1 Å². The standard InChI is InChI=1S/C26H36N6O2S/c1-18-11-19(2)16-32(15-18)24-13-23(31-9-5-3-4-6-10-31)28-25(29-24)30-26(35)27-14-20-7-8-21-22(12-20)34-17-33-21/h7-8,12-13,18-19H,3-6,9-11,14-17H2,1-2H3,(H2,27,28,29,30,35)/t18-,19+. The molecular formula is C26H36N6O2S. The number of aromatic nitrogens is 2. The number of hydrogen-bond acceptors (Lipinski definition) is 7. The largest absolute Gasteiger partial charge is 0.454 e. The fourth-order valence-corrected chi connectivity index (χ4v) is 5.49. The van der Waals surface area contributed by atoms with Gasteiger partial charge in [0.15, 0.2) is 16.6 Å². The minimum atomic E-state index is 0.272. The third kappa shape index (κ3) is 6.07. The number of benzene rings is 1. The Morgan fingerprint density at radius 2 is 1.63 bits per heavy atom. The maximum Gasteiger partial charge on any atom is 0.232 e. The topological polar surface area (TPSA) is 74.8 Å². The fourth-order valence-electron chi connectivity index (χ4n) is 5.33. The lowest BCUT2D eigenvalue weighted by molar-refractivity contribution is 0.174. The molecule has 9 heteroatoms. The van der Waals surface area contributed by atoms with Gasteiger partial charge in [-0.25, -0.2) is 0 Å². The summed E-state index contributed by atoms with van der Waals surface area (Å²) in [7, 11) is 0. The number of ether oxygens (including phenoxy) is 2. The van der Waals surface area contributed by atoms with E-state index in [1.54, 1.807) is 0 Å². The van der Waals surface area contributed by atoms with Crippen LogP contribution in [0.5, 0.6) is 11.5 Å². The van der Waals surface area contributed by atoms with E-state index in [-0.39, 0.29) is 6.79 Å². The molecule has 2 saturated heterocycles. The molecule has 1 aromatic carbocycles. The molecule has 2 N–H and O–H groups in total. The maximum atomic E-state index is 5.61. The summed E-state index contributed by atoms with van der Waals surface area (Å²) in [4.78, 5) is 14.6. The molecule has 0 radical (unpaired) electrons. The molecule has 5 rings (SSSR count). The van der Waals surface area contributed by atoms with Crippen LogP contribution in [0, 0.1) is 11.8 Å². The summed E-state index contributed by atoms with van der Waals surface area (Å²) >= 11 is 5.61. The molecule has 8 nitrogen and oxygen atoms in total. The minimum absolute atomic E-state index is 0.272. The van der Waals surface area contributed by atoms with Gasteiger partial charge in [0.2, 0.25) is 12.7 Å². The van der Waals surface area contributed by atoms with Crippen molar-refractivity contribution >= 4 is 34.9 Å². The van der Waals surface area contributed by atoms with Gasteiger partial charge in [-0.1, -0.05) is 32.8 Å². The van der Waals surface area contributed by atoms with Crippen LogP contribution in [0.25, 0.3) is 0 Å². The predicted molar refractivity (Wildman–Crippen MR) is 143 cm³/mol. The Bertz CT molecular complexity index is 1030. The Labute approximate surface area is 213 Å². The third-order valence-corrected chi connectivity index (χ3v) is 7.18. The van der Waals surface area contributed by atoms with Crippen molar-refractivity contribution in [3.05, 3.63) is 29.8 Å². The number of nitrogens with zero attached hydrogens (tertiary/aromatic N) is 4. The summed E-state index contributed by atoms with van der Waals surface area (Å²) in [5, 5.41) is 7.03. The van der Waals surface area contributed by atoms with Gasteiger partial charge >= 0.3 is 0 Å². The lowest BCUT2D eigenvalue weighted by Gasteiger charge is -2.36. The van der Waals surface area contributed by atoms with E-state index in [4.69, 9.17) is 31.7 Å². The van der Waals surface area contributed by atoms with Crippen LogP contribution in [0.4, 0.5) is 17.6 Å². The lowest BCUT2D eigenvalue weighted by atomic mass is 9.92. The number of hydrogen-bond donors (Lipinski definition) is 2. The Balaban J connectivity index is 1.31. The van der Waals surface area contributed by atoms with Crippen molar-refractivity contribution in [3.63, 3.8) is 0 Å². The van der Waals surface area contributed by atoms with Crippen LogP contribution in [0.15, 0.2) is 24.3 Å². The number of nitrogens with one attached hydrogen (secondary N) is 2. The van der Waals surface area contributed by atoms with Gasteiger partial charge in [0.1, 0.15) is 11.6 Å². The highest BCUT2D eigenvalue weighted by atomic mass is 32.1. The Morgan fingerprint density at radius 3 is 2.37 bits per heavy atom. The molecule has 2 aromatic rings. The summed E-state index contributed by atoms with van der Waals surface area (Å²) in [5.74, 6) is 5.37. The Kier molecular flexibility index (Phi) is 7.41. The van der Waals surface area contributed by atoms with Gasteiger partial charge in [-0.2, -0.15) is 9.97 Å². The molecule has 0 bridgehead atoms. The van der Waals surface area contributed by atoms with Crippen molar-refractivity contribution in [1.82, 2.24) is 15.3 Å². The molecule has 35 heavy (non-hydrogen) atoms. The highest BCUT2D eigenvalue weighted by Gasteiger charge is 2.25. The van der Waals surface area contributed by atoms with Gasteiger partial charge in [0, 0.05) is 38.8 Å².